The molecule has 0 aromatic heterocycles. The number of hydrogen-bond acceptors (Lipinski definition) is 2. The number of hydrogen-bond donors (Lipinski definition) is 0. The summed E-state index contributed by atoms with van der Waals surface area (Å²) in [5, 5.41) is 0. The molecule has 0 aliphatic heterocycles. The fourth-order valence-electron chi connectivity index (χ4n) is 1.94. The summed E-state index contributed by atoms with van der Waals surface area (Å²) in [5.41, 5.74) is 0. The smallest absolute Gasteiger partial charge is 0.0726 e. The summed E-state index contributed by atoms with van der Waals surface area (Å²) in [7, 11) is 6.11. The number of nitrogens with zero attached hydrogens (tertiary/aromatic N) is 1. The summed E-state index contributed by atoms with van der Waals surface area (Å²) >= 11 is 0. The summed E-state index contributed by atoms with van der Waals surface area (Å²) in [6.45, 7) is 0. The van der Waals surface area contributed by atoms with Gasteiger partial charge in [-0.2, -0.15) is 0 Å². The summed E-state index contributed by atoms with van der Waals surface area (Å²) in [6.07, 6.45) is 5.70. The summed E-state index contributed by atoms with van der Waals surface area (Å²) in [4.78, 5) is 2.29. The predicted octanol–water partition coefficient (Wildman–Crippen LogP) is 1.51. The maximum Gasteiger partial charge on any atom is 0.0726 e. The molecule has 66 valence electrons. The van der Waals surface area contributed by atoms with E-state index in [-0.39, 0.29) is 0 Å². The van der Waals surface area contributed by atoms with Crippen LogP contribution in [-0.2, 0) is 4.74 Å². The lowest BCUT2D eigenvalue weighted by Crippen LogP contribution is -2.42. The highest BCUT2D eigenvalue weighted by Gasteiger charge is 2.25. The van der Waals surface area contributed by atoms with Gasteiger partial charge in [0.1, 0.15) is 0 Å². The topological polar surface area (TPSA) is 12.5 Å². The Labute approximate surface area is 69.5 Å². The Kier molecular flexibility index (Phi) is 3.34. The minimum Gasteiger partial charge on any atom is -0.380 e. The zero-order chi connectivity index (χ0) is 8.27. The van der Waals surface area contributed by atoms with Crippen LogP contribution in [0, 0.1) is 0 Å². The highest BCUT2D eigenvalue weighted by Crippen LogP contribution is 2.23. The van der Waals surface area contributed by atoms with Crippen molar-refractivity contribution in [1.82, 2.24) is 4.90 Å². The van der Waals surface area contributed by atoms with Crippen LogP contribution in [0.5, 0.6) is 0 Å². The van der Waals surface area contributed by atoms with Crippen LogP contribution in [0.3, 0.4) is 0 Å². The number of methoxy groups -OCH3 is 1. The van der Waals surface area contributed by atoms with Crippen molar-refractivity contribution in [3.63, 3.8) is 0 Å². The van der Waals surface area contributed by atoms with Crippen LogP contribution in [0.4, 0.5) is 0 Å². The minimum absolute atomic E-state index is 0.471. The average Bonchev–Trinajstić information content (AvgIpc) is 2.04. The van der Waals surface area contributed by atoms with Gasteiger partial charge in [-0.15, -0.1) is 0 Å². The molecule has 1 aliphatic carbocycles. The van der Waals surface area contributed by atoms with Crippen LogP contribution < -0.4 is 0 Å². The van der Waals surface area contributed by atoms with Gasteiger partial charge >= 0.3 is 0 Å². The Morgan fingerprint density at radius 3 is 2.27 bits per heavy atom. The Balaban J connectivity index is 2.44. The first-order chi connectivity index (χ1) is 5.25. The minimum atomic E-state index is 0.471. The van der Waals surface area contributed by atoms with Crippen molar-refractivity contribution in [2.24, 2.45) is 0 Å². The summed E-state index contributed by atoms with van der Waals surface area (Å²) in [5.74, 6) is 0. The molecule has 0 N–H and O–H groups in total. The first-order valence-corrected chi connectivity index (χ1v) is 4.45. The molecule has 0 bridgehead atoms. The van der Waals surface area contributed by atoms with Crippen molar-refractivity contribution in [3.05, 3.63) is 0 Å². The Bertz CT molecular complexity index is 114. The molecule has 1 saturated carbocycles. The lowest BCUT2D eigenvalue weighted by molar-refractivity contribution is 0.00633. The standard InChI is InChI=1S/C9H19NO/c1-10(2)8-6-4-5-7-9(8)11-3/h8-9H,4-7H2,1-3H3/t8-,9-/m1/s1. The Hall–Kier alpha value is -0.0800. The molecular formula is C9H19NO. The van der Waals surface area contributed by atoms with Crippen LogP contribution >= 0.6 is 0 Å². The van der Waals surface area contributed by atoms with Gasteiger partial charge in [-0.05, 0) is 26.9 Å². The fraction of sp³-hybridized carbons (Fsp3) is 1.00. The number of rotatable bonds is 2. The molecule has 2 atom stereocenters. The average molecular weight is 157 g/mol. The van der Waals surface area contributed by atoms with Gasteiger partial charge in [0.15, 0.2) is 0 Å². The molecule has 0 aromatic rings. The second-order valence-electron chi connectivity index (χ2n) is 3.59. The molecule has 2 nitrogen and oxygen atoms in total. The van der Waals surface area contributed by atoms with Crippen molar-refractivity contribution in [3.8, 4) is 0 Å². The zero-order valence-corrected chi connectivity index (χ0v) is 7.84. The lowest BCUT2D eigenvalue weighted by atomic mass is 9.92. The first-order valence-electron chi connectivity index (χ1n) is 4.45. The highest BCUT2D eigenvalue weighted by molar-refractivity contribution is 4.80. The SMILES string of the molecule is CO[C@@H]1CCCC[C@H]1N(C)C. The first kappa shape index (κ1) is 9.01. The van der Waals surface area contributed by atoms with Crippen LogP contribution in [0.1, 0.15) is 25.7 Å². The van der Waals surface area contributed by atoms with Gasteiger partial charge in [0.25, 0.3) is 0 Å². The third-order valence-corrected chi connectivity index (χ3v) is 2.63. The van der Waals surface area contributed by atoms with E-state index in [4.69, 9.17) is 4.74 Å². The predicted molar refractivity (Wildman–Crippen MR) is 46.7 cm³/mol. The van der Waals surface area contributed by atoms with Gasteiger partial charge in [0.05, 0.1) is 6.10 Å². The van der Waals surface area contributed by atoms with Gasteiger partial charge in [0.2, 0.25) is 0 Å². The molecule has 0 aromatic carbocycles. The second kappa shape index (κ2) is 4.07. The maximum absolute atomic E-state index is 5.42. The summed E-state index contributed by atoms with van der Waals surface area (Å²) < 4.78 is 5.42. The summed E-state index contributed by atoms with van der Waals surface area (Å²) in [6, 6.07) is 0.647. The third kappa shape index (κ3) is 2.17. The van der Waals surface area contributed by atoms with Crippen LogP contribution in [0.25, 0.3) is 0 Å². The van der Waals surface area contributed by atoms with Gasteiger partial charge in [-0.3, -0.25) is 0 Å². The Morgan fingerprint density at radius 1 is 1.18 bits per heavy atom. The highest BCUT2D eigenvalue weighted by atomic mass is 16.5. The van der Waals surface area contributed by atoms with E-state index in [0.717, 1.165) is 0 Å². The largest absolute Gasteiger partial charge is 0.380 e. The molecule has 0 spiro atoms. The molecule has 0 amide bonds. The molecule has 1 fully saturated rings. The van der Waals surface area contributed by atoms with E-state index in [9.17, 15) is 0 Å². The monoisotopic (exact) mass is 157 g/mol. The second-order valence-corrected chi connectivity index (χ2v) is 3.59. The zero-order valence-electron chi connectivity index (χ0n) is 7.84. The van der Waals surface area contributed by atoms with Crippen molar-refractivity contribution in [2.45, 2.75) is 37.8 Å². The van der Waals surface area contributed by atoms with Gasteiger partial charge in [-0.25, -0.2) is 0 Å². The molecule has 1 rings (SSSR count). The number of likely N-dealkylation sites (N-methyl/N-ethyl adjacent to an activating group) is 1. The van der Waals surface area contributed by atoms with E-state index in [2.05, 4.69) is 19.0 Å². The van der Waals surface area contributed by atoms with E-state index in [1.165, 1.54) is 25.7 Å². The Morgan fingerprint density at radius 2 is 1.82 bits per heavy atom. The van der Waals surface area contributed by atoms with E-state index < -0.39 is 0 Å². The molecule has 2 heteroatoms. The van der Waals surface area contributed by atoms with E-state index in [1.807, 2.05) is 7.11 Å². The van der Waals surface area contributed by atoms with Crippen LogP contribution in [0.15, 0.2) is 0 Å². The van der Waals surface area contributed by atoms with Crippen LogP contribution in [-0.4, -0.2) is 38.3 Å². The van der Waals surface area contributed by atoms with E-state index in [1.54, 1.807) is 0 Å². The molecule has 1 aliphatic rings. The lowest BCUT2D eigenvalue weighted by Gasteiger charge is -2.34. The molecule has 11 heavy (non-hydrogen) atoms. The van der Waals surface area contributed by atoms with Crippen LogP contribution in [0.2, 0.25) is 0 Å². The molecular weight excluding hydrogens is 138 g/mol. The molecule has 0 unspecified atom stereocenters. The van der Waals surface area contributed by atoms with Crippen molar-refractivity contribution in [1.29, 1.82) is 0 Å². The van der Waals surface area contributed by atoms with Gasteiger partial charge in [0, 0.05) is 13.2 Å². The van der Waals surface area contributed by atoms with Gasteiger partial charge in [-0.1, -0.05) is 12.8 Å². The fourth-order valence-corrected chi connectivity index (χ4v) is 1.94. The van der Waals surface area contributed by atoms with E-state index >= 15 is 0 Å². The normalized spacial score (nSPS) is 32.7. The van der Waals surface area contributed by atoms with Crippen molar-refractivity contribution >= 4 is 0 Å². The van der Waals surface area contributed by atoms with Crippen molar-refractivity contribution in [2.75, 3.05) is 21.2 Å². The third-order valence-electron chi connectivity index (χ3n) is 2.63. The molecule has 0 radical (unpaired) electrons. The molecule has 0 heterocycles. The quantitative estimate of drug-likeness (QED) is 0.602. The van der Waals surface area contributed by atoms with Gasteiger partial charge < -0.3 is 9.64 Å². The number of ether oxygens (including phenoxy) is 1. The van der Waals surface area contributed by atoms with E-state index in [0.29, 0.717) is 12.1 Å². The maximum atomic E-state index is 5.42. The molecule has 0 saturated heterocycles. The van der Waals surface area contributed by atoms with Crippen molar-refractivity contribution < 1.29 is 4.74 Å².